The summed E-state index contributed by atoms with van der Waals surface area (Å²) in [6, 6.07) is 13.6. The highest BCUT2D eigenvalue weighted by atomic mass is 19.1. The van der Waals surface area contributed by atoms with E-state index in [2.05, 4.69) is 34.4 Å². The lowest BCUT2D eigenvalue weighted by atomic mass is 9.98. The van der Waals surface area contributed by atoms with Crippen molar-refractivity contribution in [3.8, 4) is 0 Å². The second-order valence-electron chi connectivity index (χ2n) is 7.00. The molecule has 0 radical (unpaired) electrons. The number of amides is 1. The molecule has 0 spiro atoms. The highest BCUT2D eigenvalue weighted by Crippen LogP contribution is 2.28. The first-order valence-corrected chi connectivity index (χ1v) is 9.12. The number of hydrogen-bond acceptors (Lipinski definition) is 4. The SMILES string of the molecule is Cc1cc(C(=O)Nc2c(C)cccc2C(C)C)nc(Nc2cccc(F)c2)n1. The molecular weight excluding hydrogens is 355 g/mol. The summed E-state index contributed by atoms with van der Waals surface area (Å²) < 4.78 is 13.4. The maximum Gasteiger partial charge on any atom is 0.274 e. The first kappa shape index (κ1) is 19.5. The van der Waals surface area contributed by atoms with E-state index < -0.39 is 0 Å². The van der Waals surface area contributed by atoms with Crippen LogP contribution in [0.25, 0.3) is 0 Å². The van der Waals surface area contributed by atoms with Gasteiger partial charge in [0, 0.05) is 17.1 Å². The van der Waals surface area contributed by atoms with Crippen LogP contribution in [0.3, 0.4) is 0 Å². The van der Waals surface area contributed by atoms with E-state index in [-0.39, 0.29) is 29.3 Å². The van der Waals surface area contributed by atoms with Crippen molar-refractivity contribution < 1.29 is 9.18 Å². The van der Waals surface area contributed by atoms with Gasteiger partial charge in [0.25, 0.3) is 5.91 Å². The number of nitrogens with one attached hydrogen (secondary N) is 2. The van der Waals surface area contributed by atoms with Gasteiger partial charge < -0.3 is 10.6 Å². The van der Waals surface area contributed by atoms with Gasteiger partial charge in [0.1, 0.15) is 11.5 Å². The number of carbonyl (C=O) groups is 1. The van der Waals surface area contributed by atoms with Crippen molar-refractivity contribution in [2.75, 3.05) is 10.6 Å². The first-order valence-electron chi connectivity index (χ1n) is 9.12. The predicted molar refractivity (Wildman–Crippen MR) is 110 cm³/mol. The molecule has 0 aliphatic carbocycles. The molecule has 1 amide bonds. The number of halogens is 1. The Hall–Kier alpha value is -3.28. The fraction of sp³-hybridized carbons (Fsp3) is 0.227. The molecule has 0 atom stereocenters. The van der Waals surface area contributed by atoms with Gasteiger partial charge in [0.15, 0.2) is 0 Å². The normalized spacial score (nSPS) is 10.8. The second kappa shape index (κ2) is 8.17. The highest BCUT2D eigenvalue weighted by molar-refractivity contribution is 6.04. The molecule has 6 heteroatoms. The molecule has 3 rings (SSSR count). The fourth-order valence-corrected chi connectivity index (χ4v) is 2.96. The summed E-state index contributed by atoms with van der Waals surface area (Å²) >= 11 is 0. The molecular formula is C22H23FN4O. The molecule has 0 saturated heterocycles. The third kappa shape index (κ3) is 4.52. The van der Waals surface area contributed by atoms with Crippen LogP contribution in [0.2, 0.25) is 0 Å². The summed E-state index contributed by atoms with van der Waals surface area (Å²) in [5, 5.41) is 5.93. The number of benzene rings is 2. The van der Waals surface area contributed by atoms with E-state index in [4.69, 9.17) is 0 Å². The minimum atomic E-state index is -0.364. The van der Waals surface area contributed by atoms with Crippen LogP contribution in [0.5, 0.6) is 0 Å². The topological polar surface area (TPSA) is 66.9 Å². The van der Waals surface area contributed by atoms with Crippen LogP contribution >= 0.6 is 0 Å². The molecule has 0 fully saturated rings. The molecule has 1 aromatic heterocycles. The van der Waals surface area contributed by atoms with Gasteiger partial charge in [-0.05, 0) is 55.2 Å². The highest BCUT2D eigenvalue weighted by Gasteiger charge is 2.16. The number of hydrogen-bond donors (Lipinski definition) is 2. The van der Waals surface area contributed by atoms with Crippen molar-refractivity contribution in [2.24, 2.45) is 0 Å². The van der Waals surface area contributed by atoms with Crippen molar-refractivity contribution in [1.29, 1.82) is 0 Å². The minimum absolute atomic E-state index is 0.240. The molecule has 0 bridgehead atoms. The lowest BCUT2D eigenvalue weighted by Crippen LogP contribution is -2.17. The number of para-hydroxylation sites is 1. The van der Waals surface area contributed by atoms with Crippen LogP contribution in [-0.4, -0.2) is 15.9 Å². The molecule has 144 valence electrons. The Balaban J connectivity index is 1.88. The molecule has 0 saturated carbocycles. The van der Waals surface area contributed by atoms with Gasteiger partial charge in [-0.1, -0.05) is 38.1 Å². The monoisotopic (exact) mass is 378 g/mol. The number of carbonyl (C=O) groups excluding carboxylic acids is 1. The van der Waals surface area contributed by atoms with Gasteiger partial charge >= 0.3 is 0 Å². The standard InChI is InChI=1S/C22H23FN4O/c1-13(2)18-10-5-7-14(3)20(18)27-21(28)19-11-15(4)24-22(26-19)25-17-9-6-8-16(23)12-17/h5-13H,1-4H3,(H,27,28)(H,24,25,26). The molecule has 5 nitrogen and oxygen atoms in total. The van der Waals surface area contributed by atoms with E-state index in [1.807, 2.05) is 25.1 Å². The number of aromatic nitrogens is 2. The zero-order valence-corrected chi connectivity index (χ0v) is 16.4. The average Bonchev–Trinajstić information content (AvgIpc) is 2.62. The van der Waals surface area contributed by atoms with Crippen molar-refractivity contribution in [2.45, 2.75) is 33.6 Å². The van der Waals surface area contributed by atoms with Crippen LogP contribution in [0.4, 0.5) is 21.7 Å². The summed E-state index contributed by atoms with van der Waals surface area (Å²) in [7, 11) is 0. The van der Waals surface area contributed by atoms with Crippen LogP contribution in [0, 0.1) is 19.7 Å². The largest absolute Gasteiger partial charge is 0.324 e. The fourth-order valence-electron chi connectivity index (χ4n) is 2.96. The maximum absolute atomic E-state index is 13.4. The Morgan fingerprint density at radius 3 is 2.50 bits per heavy atom. The predicted octanol–water partition coefficient (Wildman–Crippen LogP) is 5.35. The molecule has 1 heterocycles. The summed E-state index contributed by atoms with van der Waals surface area (Å²) in [6.45, 7) is 7.91. The van der Waals surface area contributed by atoms with Crippen molar-refractivity contribution >= 4 is 23.2 Å². The molecule has 28 heavy (non-hydrogen) atoms. The van der Waals surface area contributed by atoms with E-state index in [0.29, 0.717) is 11.4 Å². The third-order valence-electron chi connectivity index (χ3n) is 4.33. The zero-order valence-electron chi connectivity index (χ0n) is 16.4. The lowest BCUT2D eigenvalue weighted by Gasteiger charge is -2.16. The van der Waals surface area contributed by atoms with E-state index >= 15 is 0 Å². The quantitative estimate of drug-likeness (QED) is 0.628. The summed E-state index contributed by atoms with van der Waals surface area (Å²) in [5.74, 6) is -0.169. The second-order valence-corrected chi connectivity index (χ2v) is 7.00. The minimum Gasteiger partial charge on any atom is -0.324 e. The van der Waals surface area contributed by atoms with Crippen LogP contribution in [0.15, 0.2) is 48.5 Å². The maximum atomic E-state index is 13.4. The Morgan fingerprint density at radius 2 is 1.79 bits per heavy atom. The lowest BCUT2D eigenvalue weighted by molar-refractivity contribution is 0.102. The van der Waals surface area contributed by atoms with E-state index in [0.717, 1.165) is 16.8 Å². The van der Waals surface area contributed by atoms with Crippen molar-refractivity contribution in [3.05, 3.63) is 76.9 Å². The van der Waals surface area contributed by atoms with Gasteiger partial charge in [-0.2, -0.15) is 0 Å². The molecule has 2 aromatic carbocycles. The van der Waals surface area contributed by atoms with Gasteiger partial charge in [-0.15, -0.1) is 0 Å². The number of nitrogens with zero attached hydrogens (tertiary/aromatic N) is 2. The molecule has 3 aromatic rings. The number of rotatable bonds is 5. The Morgan fingerprint density at radius 1 is 1.04 bits per heavy atom. The number of aryl methyl sites for hydroxylation is 2. The van der Waals surface area contributed by atoms with E-state index in [1.165, 1.54) is 12.1 Å². The van der Waals surface area contributed by atoms with Gasteiger partial charge in [-0.25, -0.2) is 14.4 Å². The summed E-state index contributed by atoms with van der Waals surface area (Å²) in [4.78, 5) is 21.5. The molecule has 0 unspecified atom stereocenters. The number of anilines is 3. The molecule has 0 aliphatic heterocycles. The Kier molecular flexibility index (Phi) is 5.68. The first-order chi connectivity index (χ1) is 13.3. The van der Waals surface area contributed by atoms with Crippen molar-refractivity contribution in [3.63, 3.8) is 0 Å². The van der Waals surface area contributed by atoms with Crippen molar-refractivity contribution in [1.82, 2.24) is 9.97 Å². The van der Waals surface area contributed by atoms with Gasteiger partial charge in [-0.3, -0.25) is 4.79 Å². The van der Waals surface area contributed by atoms with E-state index in [9.17, 15) is 9.18 Å². The van der Waals surface area contributed by atoms with Gasteiger partial charge in [0.05, 0.1) is 0 Å². The summed E-state index contributed by atoms with van der Waals surface area (Å²) in [5.41, 5.74) is 4.24. The zero-order chi connectivity index (χ0) is 20.3. The van der Waals surface area contributed by atoms with Crippen LogP contribution in [0.1, 0.15) is 47.1 Å². The molecule has 2 N–H and O–H groups in total. The smallest absolute Gasteiger partial charge is 0.274 e. The average molecular weight is 378 g/mol. The Bertz CT molecular complexity index is 1020. The molecule has 0 aliphatic rings. The van der Waals surface area contributed by atoms with Crippen LogP contribution < -0.4 is 10.6 Å². The van der Waals surface area contributed by atoms with E-state index in [1.54, 1.807) is 25.1 Å². The van der Waals surface area contributed by atoms with Gasteiger partial charge in [0.2, 0.25) is 5.95 Å². The van der Waals surface area contributed by atoms with Crippen LogP contribution in [-0.2, 0) is 0 Å². The summed E-state index contributed by atoms with van der Waals surface area (Å²) in [6.07, 6.45) is 0. The third-order valence-corrected chi connectivity index (χ3v) is 4.33. The Labute approximate surface area is 164 Å².